The highest BCUT2D eigenvalue weighted by Gasteiger charge is 2.21. The van der Waals surface area contributed by atoms with Crippen LogP contribution in [-0.2, 0) is 0 Å². The number of aromatic nitrogens is 1. The average molecular weight is 337 g/mol. The summed E-state index contributed by atoms with van der Waals surface area (Å²) in [6, 6.07) is 12.8. The molecule has 1 aliphatic heterocycles. The van der Waals surface area contributed by atoms with E-state index in [1.54, 1.807) is 23.1 Å². The predicted octanol–water partition coefficient (Wildman–Crippen LogP) is 3.69. The van der Waals surface area contributed by atoms with Crippen LogP contribution in [0.1, 0.15) is 59.1 Å². The maximum absolute atomic E-state index is 12.4. The van der Waals surface area contributed by atoms with E-state index in [9.17, 15) is 9.59 Å². The fraction of sp³-hybridized carbons (Fsp3) is 0.350. The molecule has 0 radical (unpaired) electrons. The molecule has 0 saturated carbocycles. The number of hydrogen-bond acceptors (Lipinski definition) is 3. The second kappa shape index (κ2) is 7.47. The van der Waals surface area contributed by atoms with E-state index in [0.29, 0.717) is 17.3 Å². The van der Waals surface area contributed by atoms with E-state index < -0.39 is 0 Å². The van der Waals surface area contributed by atoms with Crippen LogP contribution in [0.25, 0.3) is 0 Å². The lowest BCUT2D eigenvalue weighted by atomic mass is 10.0. The maximum Gasteiger partial charge on any atom is 0.274 e. The van der Waals surface area contributed by atoms with E-state index in [4.69, 9.17) is 0 Å². The van der Waals surface area contributed by atoms with Crippen LogP contribution in [0.3, 0.4) is 0 Å². The van der Waals surface area contributed by atoms with Gasteiger partial charge in [-0.3, -0.25) is 9.59 Å². The molecule has 5 nitrogen and oxygen atoms in total. The van der Waals surface area contributed by atoms with E-state index in [1.165, 1.54) is 5.56 Å². The average Bonchev–Trinajstić information content (AvgIpc) is 3.16. The number of nitrogens with zero attached hydrogens (tertiary/aromatic N) is 2. The summed E-state index contributed by atoms with van der Waals surface area (Å²) in [5.74, 6) is 0.0292. The molecule has 0 unspecified atom stereocenters. The van der Waals surface area contributed by atoms with Crippen molar-refractivity contribution in [3.63, 3.8) is 0 Å². The van der Waals surface area contributed by atoms with E-state index in [1.807, 2.05) is 24.3 Å². The number of pyridine rings is 1. The lowest BCUT2D eigenvalue weighted by Crippen LogP contribution is -2.29. The summed E-state index contributed by atoms with van der Waals surface area (Å²) in [6.45, 7) is 5.78. The highest BCUT2D eigenvalue weighted by Crippen LogP contribution is 2.18. The number of nitrogens with one attached hydrogen (secondary N) is 1. The van der Waals surface area contributed by atoms with Crippen molar-refractivity contribution in [2.75, 3.05) is 18.4 Å². The van der Waals surface area contributed by atoms with Crippen LogP contribution in [-0.4, -0.2) is 34.8 Å². The Morgan fingerprint density at radius 3 is 2.28 bits per heavy atom. The molecule has 0 atom stereocenters. The normalized spacial score (nSPS) is 14.0. The Bertz CT molecular complexity index is 763. The quantitative estimate of drug-likeness (QED) is 0.925. The third-order valence-corrected chi connectivity index (χ3v) is 4.43. The Morgan fingerprint density at radius 1 is 1.00 bits per heavy atom. The van der Waals surface area contributed by atoms with Crippen LogP contribution in [0, 0.1) is 0 Å². The van der Waals surface area contributed by atoms with Gasteiger partial charge in [-0.2, -0.15) is 0 Å². The van der Waals surface area contributed by atoms with Crippen molar-refractivity contribution in [3.8, 4) is 0 Å². The topological polar surface area (TPSA) is 62.3 Å². The predicted molar refractivity (Wildman–Crippen MR) is 97.9 cm³/mol. The summed E-state index contributed by atoms with van der Waals surface area (Å²) in [7, 11) is 0. The lowest BCUT2D eigenvalue weighted by Gasteiger charge is -2.14. The number of benzene rings is 1. The molecule has 1 N–H and O–H groups in total. The van der Waals surface area contributed by atoms with Gasteiger partial charge in [0.25, 0.3) is 11.8 Å². The molecular weight excluding hydrogens is 314 g/mol. The van der Waals surface area contributed by atoms with Crippen molar-refractivity contribution in [1.29, 1.82) is 0 Å². The highest BCUT2D eigenvalue weighted by molar-refractivity contribution is 6.03. The molecule has 5 heteroatoms. The molecule has 130 valence electrons. The minimum Gasteiger partial charge on any atom is -0.337 e. The number of carbonyl (C=O) groups is 2. The third-order valence-electron chi connectivity index (χ3n) is 4.43. The van der Waals surface area contributed by atoms with Gasteiger partial charge in [-0.1, -0.05) is 32.0 Å². The number of likely N-dealkylation sites (tertiary alicyclic amines) is 1. The molecule has 0 spiro atoms. The molecule has 1 fully saturated rings. The van der Waals surface area contributed by atoms with Gasteiger partial charge < -0.3 is 10.2 Å². The Balaban J connectivity index is 1.71. The van der Waals surface area contributed by atoms with Crippen LogP contribution in [0.15, 0.2) is 42.5 Å². The standard InChI is InChI=1S/C20H23N3O2/c1-14(2)15-8-10-16(11-9-15)21-19(24)17-6-5-7-18(22-17)20(25)23-12-3-4-13-23/h5-11,14H,3-4,12-13H2,1-2H3,(H,21,24). The second-order valence-electron chi connectivity index (χ2n) is 6.64. The van der Waals surface area contributed by atoms with E-state index in [0.717, 1.165) is 25.9 Å². The monoisotopic (exact) mass is 337 g/mol. The van der Waals surface area contributed by atoms with Gasteiger partial charge in [0.1, 0.15) is 11.4 Å². The third kappa shape index (κ3) is 4.05. The SMILES string of the molecule is CC(C)c1ccc(NC(=O)c2cccc(C(=O)N3CCCC3)n2)cc1. The van der Waals surface area contributed by atoms with Crippen LogP contribution in [0.4, 0.5) is 5.69 Å². The fourth-order valence-electron chi connectivity index (χ4n) is 2.91. The maximum atomic E-state index is 12.4. The number of amides is 2. The van der Waals surface area contributed by atoms with E-state index in [-0.39, 0.29) is 17.5 Å². The van der Waals surface area contributed by atoms with Crippen molar-refractivity contribution in [1.82, 2.24) is 9.88 Å². The highest BCUT2D eigenvalue weighted by atomic mass is 16.2. The van der Waals surface area contributed by atoms with Crippen LogP contribution < -0.4 is 5.32 Å². The summed E-state index contributed by atoms with van der Waals surface area (Å²) in [4.78, 5) is 30.9. The van der Waals surface area contributed by atoms with Crippen molar-refractivity contribution in [2.45, 2.75) is 32.6 Å². The molecule has 1 aliphatic rings. The largest absolute Gasteiger partial charge is 0.337 e. The zero-order valence-corrected chi connectivity index (χ0v) is 14.7. The molecule has 1 aromatic carbocycles. The van der Waals surface area contributed by atoms with Crippen LogP contribution >= 0.6 is 0 Å². The number of carbonyl (C=O) groups excluding carboxylic acids is 2. The fourth-order valence-corrected chi connectivity index (χ4v) is 2.91. The van der Waals surface area contributed by atoms with Gasteiger partial charge in [-0.25, -0.2) is 4.98 Å². The molecule has 2 heterocycles. The van der Waals surface area contributed by atoms with Crippen LogP contribution in [0.5, 0.6) is 0 Å². The smallest absolute Gasteiger partial charge is 0.274 e. The van der Waals surface area contributed by atoms with Gasteiger partial charge in [0.15, 0.2) is 0 Å². The first-order valence-electron chi connectivity index (χ1n) is 8.72. The molecule has 0 aliphatic carbocycles. The first-order valence-corrected chi connectivity index (χ1v) is 8.72. The molecule has 0 bridgehead atoms. The molecular formula is C20H23N3O2. The zero-order valence-electron chi connectivity index (χ0n) is 14.7. The first-order chi connectivity index (χ1) is 12.0. The molecule has 2 amide bonds. The Morgan fingerprint density at radius 2 is 1.64 bits per heavy atom. The van der Waals surface area contributed by atoms with Gasteiger partial charge in [-0.15, -0.1) is 0 Å². The molecule has 2 aromatic rings. The molecule has 1 aromatic heterocycles. The first kappa shape index (κ1) is 17.1. The summed E-state index contributed by atoms with van der Waals surface area (Å²) < 4.78 is 0. The van der Waals surface area contributed by atoms with Gasteiger partial charge in [0.05, 0.1) is 0 Å². The number of anilines is 1. The summed E-state index contributed by atoms with van der Waals surface area (Å²) in [5.41, 5.74) is 2.50. The zero-order chi connectivity index (χ0) is 17.8. The minimum atomic E-state index is -0.312. The van der Waals surface area contributed by atoms with E-state index in [2.05, 4.69) is 24.1 Å². The Kier molecular flexibility index (Phi) is 5.12. The minimum absolute atomic E-state index is 0.103. The molecule has 25 heavy (non-hydrogen) atoms. The van der Waals surface area contributed by atoms with Gasteiger partial charge in [-0.05, 0) is 48.6 Å². The van der Waals surface area contributed by atoms with Gasteiger partial charge >= 0.3 is 0 Å². The van der Waals surface area contributed by atoms with Gasteiger partial charge in [0, 0.05) is 18.8 Å². The van der Waals surface area contributed by atoms with Crippen molar-refractivity contribution in [2.24, 2.45) is 0 Å². The number of hydrogen-bond donors (Lipinski definition) is 1. The van der Waals surface area contributed by atoms with E-state index >= 15 is 0 Å². The Labute approximate surface area is 148 Å². The van der Waals surface area contributed by atoms with Crippen molar-refractivity contribution < 1.29 is 9.59 Å². The summed E-state index contributed by atoms with van der Waals surface area (Å²) in [5, 5.41) is 2.83. The summed E-state index contributed by atoms with van der Waals surface area (Å²) >= 11 is 0. The Hall–Kier alpha value is -2.69. The van der Waals surface area contributed by atoms with Crippen LogP contribution in [0.2, 0.25) is 0 Å². The van der Waals surface area contributed by atoms with Crippen molar-refractivity contribution >= 4 is 17.5 Å². The molecule has 1 saturated heterocycles. The lowest BCUT2D eigenvalue weighted by molar-refractivity contribution is 0.0787. The van der Waals surface area contributed by atoms with Gasteiger partial charge in [0.2, 0.25) is 0 Å². The van der Waals surface area contributed by atoms with Crippen molar-refractivity contribution in [3.05, 3.63) is 59.4 Å². The number of rotatable bonds is 4. The second-order valence-corrected chi connectivity index (χ2v) is 6.64. The summed E-state index contributed by atoms with van der Waals surface area (Å²) in [6.07, 6.45) is 2.05. The molecule has 3 rings (SSSR count).